The summed E-state index contributed by atoms with van der Waals surface area (Å²) in [6.45, 7) is 0.0443. The van der Waals surface area contributed by atoms with Gasteiger partial charge in [0.1, 0.15) is 12.4 Å². The summed E-state index contributed by atoms with van der Waals surface area (Å²) in [6.07, 6.45) is 0.416. The fraction of sp³-hybridized carbons (Fsp3) is 0.478. The van der Waals surface area contributed by atoms with E-state index in [1.165, 1.54) is 0 Å². The van der Waals surface area contributed by atoms with Gasteiger partial charge in [-0.15, -0.1) is 0 Å². The second-order valence-electron chi connectivity index (χ2n) is 8.16. The number of ether oxygens (including phenoxy) is 3. The molecule has 2 saturated heterocycles. The van der Waals surface area contributed by atoms with E-state index in [2.05, 4.69) is 0 Å². The van der Waals surface area contributed by atoms with E-state index in [9.17, 15) is 14.6 Å². The standard InChI is InChI=1S/C23H26ClFO5/c24-21-6-3-16(22-10-18(27)9-20(11-26)30-22)8-17(21)7-15-1-4-19(5-2-15)29-14-23(25)12-28-13-23/h1-6,8,18,20,22,26-27H,7,9-14H2. The van der Waals surface area contributed by atoms with Crippen LogP contribution >= 0.6 is 11.6 Å². The quantitative estimate of drug-likeness (QED) is 0.693. The van der Waals surface area contributed by atoms with E-state index in [-0.39, 0.29) is 38.6 Å². The molecule has 0 aromatic heterocycles. The molecule has 0 aliphatic carbocycles. The van der Waals surface area contributed by atoms with Gasteiger partial charge in [-0.2, -0.15) is 0 Å². The van der Waals surface area contributed by atoms with Crippen molar-refractivity contribution in [2.24, 2.45) is 0 Å². The predicted molar refractivity (Wildman–Crippen MR) is 111 cm³/mol. The van der Waals surface area contributed by atoms with Gasteiger partial charge in [-0.25, -0.2) is 4.39 Å². The minimum Gasteiger partial charge on any atom is -0.490 e. The Balaban J connectivity index is 1.42. The molecule has 2 aliphatic heterocycles. The lowest BCUT2D eigenvalue weighted by Gasteiger charge is -2.33. The molecular weight excluding hydrogens is 411 g/mol. The fourth-order valence-corrected chi connectivity index (χ4v) is 3.98. The highest BCUT2D eigenvalue weighted by Crippen LogP contribution is 2.34. The molecule has 2 aliphatic rings. The van der Waals surface area contributed by atoms with Crippen LogP contribution in [0.4, 0.5) is 4.39 Å². The van der Waals surface area contributed by atoms with Crippen molar-refractivity contribution in [3.05, 3.63) is 64.2 Å². The molecule has 0 radical (unpaired) electrons. The summed E-state index contributed by atoms with van der Waals surface area (Å²) in [4.78, 5) is 0. The normalized spacial score (nSPS) is 25.5. The summed E-state index contributed by atoms with van der Waals surface area (Å²) in [6, 6.07) is 13.2. The molecule has 0 bridgehead atoms. The molecule has 2 heterocycles. The molecular formula is C23H26ClFO5. The van der Waals surface area contributed by atoms with E-state index in [0.717, 1.165) is 16.7 Å². The molecule has 7 heteroatoms. The molecule has 0 saturated carbocycles. The highest BCUT2D eigenvalue weighted by molar-refractivity contribution is 6.31. The Labute approximate surface area is 180 Å². The molecule has 2 N–H and O–H groups in total. The summed E-state index contributed by atoms with van der Waals surface area (Å²) in [5, 5.41) is 20.1. The van der Waals surface area contributed by atoms with Crippen molar-refractivity contribution >= 4 is 11.6 Å². The zero-order valence-corrected chi connectivity index (χ0v) is 17.4. The van der Waals surface area contributed by atoms with E-state index >= 15 is 0 Å². The summed E-state index contributed by atoms with van der Waals surface area (Å²) in [7, 11) is 0. The first kappa shape index (κ1) is 21.5. The largest absolute Gasteiger partial charge is 0.490 e. The Hall–Kier alpha value is -1.70. The Kier molecular flexibility index (Phi) is 6.60. The van der Waals surface area contributed by atoms with Gasteiger partial charge in [0.05, 0.1) is 38.1 Å². The lowest BCUT2D eigenvalue weighted by Crippen LogP contribution is -2.50. The topological polar surface area (TPSA) is 68.2 Å². The molecule has 0 amide bonds. The van der Waals surface area contributed by atoms with Crippen molar-refractivity contribution in [2.75, 3.05) is 26.4 Å². The van der Waals surface area contributed by atoms with Crippen molar-refractivity contribution in [3.63, 3.8) is 0 Å². The SMILES string of the molecule is OCC1CC(O)CC(c2ccc(Cl)c(Cc3ccc(OCC4(F)COC4)cc3)c2)O1. The molecule has 2 fully saturated rings. The van der Waals surface area contributed by atoms with E-state index in [1.54, 1.807) is 0 Å². The highest BCUT2D eigenvalue weighted by Gasteiger charge is 2.39. The molecule has 30 heavy (non-hydrogen) atoms. The second kappa shape index (κ2) is 9.20. The number of aliphatic hydroxyl groups excluding tert-OH is 2. The molecule has 3 unspecified atom stereocenters. The van der Waals surface area contributed by atoms with Gasteiger partial charge in [0.2, 0.25) is 0 Å². The van der Waals surface area contributed by atoms with E-state index in [1.807, 2.05) is 42.5 Å². The van der Waals surface area contributed by atoms with E-state index < -0.39 is 11.8 Å². The van der Waals surface area contributed by atoms with Crippen LogP contribution in [0.15, 0.2) is 42.5 Å². The Morgan fingerprint density at radius 1 is 1.13 bits per heavy atom. The smallest absolute Gasteiger partial charge is 0.190 e. The average Bonchev–Trinajstić information content (AvgIpc) is 2.73. The van der Waals surface area contributed by atoms with Crippen molar-refractivity contribution in [2.45, 2.75) is 43.2 Å². The van der Waals surface area contributed by atoms with Gasteiger partial charge in [-0.3, -0.25) is 0 Å². The van der Waals surface area contributed by atoms with Crippen LogP contribution in [0.25, 0.3) is 0 Å². The first-order valence-corrected chi connectivity index (χ1v) is 10.5. The summed E-state index contributed by atoms with van der Waals surface area (Å²) in [5.74, 6) is 0.613. The molecule has 4 rings (SSSR count). The summed E-state index contributed by atoms with van der Waals surface area (Å²) < 4.78 is 30.3. The Morgan fingerprint density at radius 2 is 1.90 bits per heavy atom. The van der Waals surface area contributed by atoms with Crippen LogP contribution in [0.2, 0.25) is 5.02 Å². The average molecular weight is 437 g/mol. The molecule has 162 valence electrons. The van der Waals surface area contributed by atoms with Crippen molar-refractivity contribution in [3.8, 4) is 5.75 Å². The van der Waals surface area contributed by atoms with Crippen LogP contribution in [-0.2, 0) is 15.9 Å². The summed E-state index contributed by atoms with van der Waals surface area (Å²) in [5.41, 5.74) is 1.54. The first-order chi connectivity index (χ1) is 14.4. The Morgan fingerprint density at radius 3 is 2.57 bits per heavy atom. The van der Waals surface area contributed by atoms with Crippen LogP contribution in [0.3, 0.4) is 0 Å². The minimum atomic E-state index is -1.38. The van der Waals surface area contributed by atoms with Gasteiger partial charge >= 0.3 is 0 Å². The molecule has 3 atom stereocenters. The molecule has 2 aromatic carbocycles. The molecule has 5 nitrogen and oxygen atoms in total. The van der Waals surface area contributed by atoms with Crippen molar-refractivity contribution < 1.29 is 28.8 Å². The zero-order valence-electron chi connectivity index (χ0n) is 16.6. The molecule has 2 aromatic rings. The van der Waals surface area contributed by atoms with Crippen LogP contribution in [0.1, 0.15) is 35.6 Å². The van der Waals surface area contributed by atoms with E-state index in [4.69, 9.17) is 25.8 Å². The minimum absolute atomic E-state index is 0.0116. The number of hydrogen-bond donors (Lipinski definition) is 2. The monoisotopic (exact) mass is 436 g/mol. The molecule has 0 spiro atoms. The maximum absolute atomic E-state index is 14.0. The third-order valence-corrected chi connectivity index (χ3v) is 5.93. The first-order valence-electron chi connectivity index (χ1n) is 10.2. The lowest BCUT2D eigenvalue weighted by atomic mass is 9.94. The fourth-order valence-electron chi connectivity index (χ4n) is 3.80. The summed E-state index contributed by atoms with van der Waals surface area (Å²) >= 11 is 6.41. The maximum Gasteiger partial charge on any atom is 0.190 e. The van der Waals surface area contributed by atoms with Gasteiger partial charge < -0.3 is 24.4 Å². The van der Waals surface area contributed by atoms with Crippen molar-refractivity contribution in [1.82, 2.24) is 0 Å². The van der Waals surface area contributed by atoms with Crippen molar-refractivity contribution in [1.29, 1.82) is 0 Å². The maximum atomic E-state index is 14.0. The van der Waals surface area contributed by atoms with Gasteiger partial charge in [0.15, 0.2) is 5.67 Å². The second-order valence-corrected chi connectivity index (χ2v) is 8.57. The van der Waals surface area contributed by atoms with Gasteiger partial charge in [-0.1, -0.05) is 35.9 Å². The van der Waals surface area contributed by atoms with E-state index in [0.29, 0.717) is 30.0 Å². The van der Waals surface area contributed by atoms with Gasteiger partial charge in [0, 0.05) is 17.9 Å². The number of rotatable bonds is 7. The van der Waals surface area contributed by atoms with Gasteiger partial charge in [-0.05, 0) is 41.3 Å². The number of aliphatic hydroxyl groups is 2. The van der Waals surface area contributed by atoms with Crippen LogP contribution in [0, 0.1) is 0 Å². The third kappa shape index (κ3) is 5.13. The van der Waals surface area contributed by atoms with Crippen LogP contribution in [0.5, 0.6) is 5.75 Å². The third-order valence-electron chi connectivity index (χ3n) is 5.56. The highest BCUT2D eigenvalue weighted by atomic mass is 35.5. The lowest BCUT2D eigenvalue weighted by molar-refractivity contribution is -0.146. The van der Waals surface area contributed by atoms with Crippen LogP contribution < -0.4 is 4.74 Å². The predicted octanol–water partition coefficient (Wildman–Crippen LogP) is 3.62. The number of benzene rings is 2. The Bertz CT molecular complexity index is 855. The number of hydrogen-bond acceptors (Lipinski definition) is 5. The number of halogens is 2. The number of alkyl halides is 1. The van der Waals surface area contributed by atoms with Crippen LogP contribution in [-0.4, -0.2) is 54.5 Å². The van der Waals surface area contributed by atoms with Gasteiger partial charge in [0.25, 0.3) is 0 Å². The zero-order chi connectivity index (χ0) is 21.1.